The molecule has 0 radical (unpaired) electrons. The predicted octanol–water partition coefficient (Wildman–Crippen LogP) is 4.72. The highest BCUT2D eigenvalue weighted by atomic mass is 32.1. The Bertz CT molecular complexity index is 1060. The maximum atomic E-state index is 12.9. The zero-order valence-corrected chi connectivity index (χ0v) is 18.7. The van der Waals surface area contributed by atoms with Crippen LogP contribution in [0.2, 0.25) is 0 Å². The number of rotatable bonds is 8. The van der Waals surface area contributed by atoms with Gasteiger partial charge in [-0.25, -0.2) is 0 Å². The van der Waals surface area contributed by atoms with Crippen molar-refractivity contribution in [2.24, 2.45) is 0 Å². The highest BCUT2D eigenvalue weighted by molar-refractivity contribution is 7.10. The molecule has 3 aromatic rings. The van der Waals surface area contributed by atoms with Crippen LogP contribution >= 0.6 is 11.3 Å². The van der Waals surface area contributed by atoms with Gasteiger partial charge in [-0.3, -0.25) is 9.59 Å². The summed E-state index contributed by atoms with van der Waals surface area (Å²) < 4.78 is 5.82. The molecule has 1 atom stereocenters. The van der Waals surface area contributed by atoms with Gasteiger partial charge in [0, 0.05) is 10.4 Å². The van der Waals surface area contributed by atoms with E-state index in [1.165, 1.54) is 16.9 Å². The molecule has 1 aromatic heterocycles. The Hall–Kier alpha value is -3.38. The average Bonchev–Trinajstić information content (AvgIpc) is 3.28. The Morgan fingerprint density at radius 1 is 1.03 bits per heavy atom. The Balaban J connectivity index is 1.66. The first-order chi connectivity index (χ1) is 14.9. The number of hydrogen-bond donors (Lipinski definition) is 2. The predicted molar refractivity (Wildman–Crippen MR) is 125 cm³/mol. The van der Waals surface area contributed by atoms with E-state index in [9.17, 15) is 9.59 Å². The molecule has 0 saturated carbocycles. The van der Waals surface area contributed by atoms with Gasteiger partial charge in [0.15, 0.2) is 0 Å². The van der Waals surface area contributed by atoms with Crippen LogP contribution in [0.4, 0.5) is 0 Å². The van der Waals surface area contributed by atoms with Crippen LogP contribution in [0.1, 0.15) is 33.3 Å². The van der Waals surface area contributed by atoms with E-state index in [4.69, 9.17) is 4.74 Å². The minimum absolute atomic E-state index is 0.189. The number of thiophene rings is 1. The van der Waals surface area contributed by atoms with Gasteiger partial charge in [0.25, 0.3) is 11.8 Å². The molecule has 0 bridgehead atoms. The SMILES string of the molecule is Cc1ccc(OC[C@@H](C)NC(=O)/C(=C/c2cccs2)NC(=O)c2ccccc2)cc1C. The van der Waals surface area contributed by atoms with Crippen molar-refractivity contribution in [3.63, 3.8) is 0 Å². The van der Waals surface area contributed by atoms with Crippen molar-refractivity contribution in [3.05, 3.63) is 93.3 Å². The summed E-state index contributed by atoms with van der Waals surface area (Å²) in [5.74, 6) is 0.0578. The van der Waals surface area contributed by atoms with E-state index >= 15 is 0 Å². The second kappa shape index (κ2) is 10.6. The fourth-order valence-electron chi connectivity index (χ4n) is 2.83. The summed E-state index contributed by atoms with van der Waals surface area (Å²) in [4.78, 5) is 26.4. The van der Waals surface area contributed by atoms with Crippen LogP contribution in [0.15, 0.2) is 71.7 Å². The third-order valence-electron chi connectivity index (χ3n) is 4.71. The first-order valence-corrected chi connectivity index (χ1v) is 10.9. The lowest BCUT2D eigenvalue weighted by molar-refractivity contribution is -0.118. The fraction of sp³-hybridized carbons (Fsp3) is 0.200. The van der Waals surface area contributed by atoms with Crippen LogP contribution in [0.3, 0.4) is 0 Å². The van der Waals surface area contributed by atoms with Crippen LogP contribution in [0.25, 0.3) is 6.08 Å². The molecule has 0 unspecified atom stereocenters. The number of carbonyl (C=O) groups is 2. The van der Waals surface area contributed by atoms with Gasteiger partial charge >= 0.3 is 0 Å². The van der Waals surface area contributed by atoms with Crippen molar-refractivity contribution in [1.82, 2.24) is 10.6 Å². The van der Waals surface area contributed by atoms with Crippen LogP contribution in [-0.2, 0) is 4.79 Å². The zero-order chi connectivity index (χ0) is 22.2. The Labute approximate surface area is 186 Å². The standard InChI is InChI=1S/C25H26N2O3S/c1-17-11-12-21(14-18(17)2)30-16-19(3)26-25(29)23(15-22-10-7-13-31-22)27-24(28)20-8-5-4-6-9-20/h4-15,19H,16H2,1-3H3,(H,26,29)(H,27,28)/b23-15-/t19-/m1/s1. The van der Waals surface area contributed by atoms with Gasteiger partial charge in [-0.2, -0.15) is 0 Å². The van der Waals surface area contributed by atoms with Crippen LogP contribution < -0.4 is 15.4 Å². The number of ether oxygens (including phenoxy) is 1. The summed E-state index contributed by atoms with van der Waals surface area (Å²) in [6.07, 6.45) is 1.68. The first kappa shape index (κ1) is 22.3. The second-order valence-corrected chi connectivity index (χ2v) is 8.30. The zero-order valence-electron chi connectivity index (χ0n) is 17.8. The normalized spacial score (nSPS) is 12.2. The van der Waals surface area contributed by atoms with E-state index in [0.717, 1.165) is 16.2 Å². The van der Waals surface area contributed by atoms with Crippen molar-refractivity contribution in [1.29, 1.82) is 0 Å². The number of aryl methyl sites for hydroxylation is 2. The van der Waals surface area contributed by atoms with Gasteiger partial charge in [-0.15, -0.1) is 11.3 Å². The molecule has 160 valence electrons. The van der Waals surface area contributed by atoms with E-state index in [-0.39, 0.29) is 23.6 Å². The molecule has 2 aromatic carbocycles. The molecule has 31 heavy (non-hydrogen) atoms. The van der Waals surface area contributed by atoms with E-state index < -0.39 is 0 Å². The number of hydrogen-bond acceptors (Lipinski definition) is 4. The quantitative estimate of drug-likeness (QED) is 0.504. The van der Waals surface area contributed by atoms with Crippen LogP contribution in [0, 0.1) is 13.8 Å². The molecule has 5 nitrogen and oxygen atoms in total. The Morgan fingerprint density at radius 2 is 1.81 bits per heavy atom. The molecule has 0 aliphatic carbocycles. The van der Waals surface area contributed by atoms with Gasteiger partial charge < -0.3 is 15.4 Å². The minimum Gasteiger partial charge on any atom is -0.491 e. The summed E-state index contributed by atoms with van der Waals surface area (Å²) in [6, 6.07) is 18.2. The molecule has 2 N–H and O–H groups in total. The summed E-state index contributed by atoms with van der Waals surface area (Å²) in [7, 11) is 0. The molecular weight excluding hydrogens is 408 g/mol. The highest BCUT2D eigenvalue weighted by Gasteiger charge is 2.17. The van der Waals surface area contributed by atoms with Gasteiger partial charge in [-0.05, 0) is 73.7 Å². The number of nitrogens with one attached hydrogen (secondary N) is 2. The minimum atomic E-state index is -0.367. The third kappa shape index (κ3) is 6.55. The Kier molecular flexibility index (Phi) is 7.62. The topological polar surface area (TPSA) is 67.4 Å². The molecule has 2 amide bonds. The van der Waals surface area contributed by atoms with Gasteiger partial charge in [0.2, 0.25) is 0 Å². The van der Waals surface area contributed by atoms with Crippen molar-refractivity contribution in [2.75, 3.05) is 6.61 Å². The molecule has 0 spiro atoms. The largest absolute Gasteiger partial charge is 0.491 e. The van der Waals surface area contributed by atoms with E-state index in [1.807, 2.05) is 62.5 Å². The van der Waals surface area contributed by atoms with Gasteiger partial charge in [0.1, 0.15) is 18.1 Å². The molecule has 3 rings (SSSR count). The lowest BCUT2D eigenvalue weighted by Crippen LogP contribution is -2.41. The third-order valence-corrected chi connectivity index (χ3v) is 5.53. The first-order valence-electron chi connectivity index (χ1n) is 10.0. The Morgan fingerprint density at radius 3 is 2.48 bits per heavy atom. The maximum Gasteiger partial charge on any atom is 0.268 e. The molecule has 0 aliphatic heterocycles. The monoisotopic (exact) mass is 434 g/mol. The van der Waals surface area contributed by atoms with Crippen molar-refractivity contribution in [2.45, 2.75) is 26.8 Å². The highest BCUT2D eigenvalue weighted by Crippen LogP contribution is 2.17. The number of benzene rings is 2. The average molecular weight is 435 g/mol. The molecule has 0 aliphatic rings. The van der Waals surface area contributed by atoms with Crippen LogP contribution in [0.5, 0.6) is 5.75 Å². The number of amides is 2. The molecule has 0 fully saturated rings. The molecule has 0 saturated heterocycles. The van der Waals surface area contributed by atoms with Crippen molar-refractivity contribution >= 4 is 29.2 Å². The van der Waals surface area contributed by atoms with E-state index in [0.29, 0.717) is 12.2 Å². The van der Waals surface area contributed by atoms with Crippen LogP contribution in [-0.4, -0.2) is 24.5 Å². The summed E-state index contributed by atoms with van der Waals surface area (Å²) in [6.45, 7) is 6.26. The summed E-state index contributed by atoms with van der Waals surface area (Å²) >= 11 is 1.49. The maximum absolute atomic E-state index is 12.9. The summed E-state index contributed by atoms with van der Waals surface area (Å²) in [5.41, 5.74) is 3.03. The second-order valence-electron chi connectivity index (χ2n) is 7.33. The van der Waals surface area contributed by atoms with Gasteiger partial charge in [0.05, 0.1) is 6.04 Å². The van der Waals surface area contributed by atoms with E-state index in [2.05, 4.69) is 10.6 Å². The van der Waals surface area contributed by atoms with E-state index in [1.54, 1.807) is 30.3 Å². The molecular formula is C25H26N2O3S. The lowest BCUT2D eigenvalue weighted by Gasteiger charge is -2.17. The number of carbonyl (C=O) groups excluding carboxylic acids is 2. The lowest BCUT2D eigenvalue weighted by atomic mass is 10.1. The smallest absolute Gasteiger partial charge is 0.268 e. The molecule has 6 heteroatoms. The van der Waals surface area contributed by atoms with Crippen molar-refractivity contribution < 1.29 is 14.3 Å². The van der Waals surface area contributed by atoms with Gasteiger partial charge in [-0.1, -0.05) is 30.3 Å². The fourth-order valence-corrected chi connectivity index (χ4v) is 3.48. The molecule has 1 heterocycles. The summed E-state index contributed by atoms with van der Waals surface area (Å²) in [5, 5.41) is 7.56. The van der Waals surface area contributed by atoms with Crippen molar-refractivity contribution in [3.8, 4) is 5.75 Å².